The lowest BCUT2D eigenvalue weighted by Gasteiger charge is -2.33. The zero-order valence-corrected chi connectivity index (χ0v) is 13.4. The van der Waals surface area contributed by atoms with Crippen LogP contribution in [-0.4, -0.2) is 31.9 Å². The smallest absolute Gasteiger partial charge is 0.243 e. The summed E-state index contributed by atoms with van der Waals surface area (Å²) in [6.07, 6.45) is 1.84. The number of sulfonamides is 1. The number of benzene rings is 1. The average Bonchev–Trinajstić information content (AvgIpc) is 2.42. The molecule has 1 fully saturated rings. The van der Waals surface area contributed by atoms with Crippen molar-refractivity contribution >= 4 is 21.6 Å². The number of hydrogen-bond donors (Lipinski definition) is 1. The van der Waals surface area contributed by atoms with Gasteiger partial charge in [-0.05, 0) is 50.3 Å². The molecule has 0 amide bonds. The monoisotopic (exact) mass is 316 g/mol. The summed E-state index contributed by atoms with van der Waals surface area (Å²) in [5.41, 5.74) is 6.79. The standard InChI is InChI=1S/C14H21ClN2O2S/c1-10-5-6-13(8-14(10)15)20(18,19)17-7-3-4-12(9-17)11(2)16/h5-6,8,11-12H,3-4,7,9,16H2,1-2H3/t11-,12+/m0/s1. The molecule has 1 aliphatic rings. The van der Waals surface area contributed by atoms with Gasteiger partial charge in [0.25, 0.3) is 0 Å². The predicted octanol–water partition coefficient (Wildman–Crippen LogP) is 2.40. The van der Waals surface area contributed by atoms with Gasteiger partial charge in [-0.25, -0.2) is 8.42 Å². The minimum Gasteiger partial charge on any atom is -0.328 e. The molecule has 2 N–H and O–H groups in total. The van der Waals surface area contributed by atoms with Crippen LogP contribution in [0.25, 0.3) is 0 Å². The van der Waals surface area contributed by atoms with Gasteiger partial charge in [0.15, 0.2) is 0 Å². The van der Waals surface area contributed by atoms with Crippen LogP contribution in [0.5, 0.6) is 0 Å². The second-order valence-corrected chi connectivity index (χ2v) is 7.88. The van der Waals surface area contributed by atoms with Crippen molar-refractivity contribution in [1.29, 1.82) is 0 Å². The first-order valence-electron chi connectivity index (χ1n) is 6.84. The van der Waals surface area contributed by atoms with E-state index in [0.717, 1.165) is 18.4 Å². The van der Waals surface area contributed by atoms with Gasteiger partial charge in [-0.15, -0.1) is 0 Å². The van der Waals surface area contributed by atoms with Gasteiger partial charge in [-0.1, -0.05) is 17.7 Å². The highest BCUT2D eigenvalue weighted by Gasteiger charge is 2.31. The van der Waals surface area contributed by atoms with E-state index in [1.807, 2.05) is 13.8 Å². The lowest BCUT2D eigenvalue weighted by Crippen LogP contribution is -2.44. The van der Waals surface area contributed by atoms with Crippen molar-refractivity contribution < 1.29 is 8.42 Å². The Kier molecular flexibility index (Phi) is 4.74. The van der Waals surface area contributed by atoms with Crippen LogP contribution in [0.1, 0.15) is 25.3 Å². The van der Waals surface area contributed by atoms with Gasteiger partial charge < -0.3 is 5.73 Å². The SMILES string of the molecule is Cc1ccc(S(=O)(=O)N2CCC[C@@H]([C@H](C)N)C2)cc1Cl. The molecule has 0 bridgehead atoms. The molecule has 4 nitrogen and oxygen atoms in total. The molecule has 0 aromatic heterocycles. The molecule has 1 aromatic rings. The second-order valence-electron chi connectivity index (χ2n) is 5.54. The van der Waals surface area contributed by atoms with Crippen LogP contribution >= 0.6 is 11.6 Å². The van der Waals surface area contributed by atoms with Crippen molar-refractivity contribution in [2.75, 3.05) is 13.1 Å². The van der Waals surface area contributed by atoms with Crippen LogP contribution < -0.4 is 5.73 Å². The van der Waals surface area contributed by atoms with E-state index in [9.17, 15) is 8.42 Å². The third-order valence-electron chi connectivity index (χ3n) is 3.95. The van der Waals surface area contributed by atoms with Gasteiger partial charge in [-0.2, -0.15) is 4.31 Å². The van der Waals surface area contributed by atoms with E-state index in [1.54, 1.807) is 12.1 Å². The first-order valence-corrected chi connectivity index (χ1v) is 8.66. The number of rotatable bonds is 3. The van der Waals surface area contributed by atoms with Crippen LogP contribution in [0.2, 0.25) is 5.02 Å². The summed E-state index contributed by atoms with van der Waals surface area (Å²) in [6.45, 7) is 4.83. The van der Waals surface area contributed by atoms with Gasteiger partial charge >= 0.3 is 0 Å². The van der Waals surface area contributed by atoms with Crippen molar-refractivity contribution in [3.8, 4) is 0 Å². The second kappa shape index (κ2) is 6.02. The summed E-state index contributed by atoms with van der Waals surface area (Å²) < 4.78 is 26.8. The third kappa shape index (κ3) is 3.17. The molecule has 1 saturated heterocycles. The normalized spacial score (nSPS) is 22.7. The maximum Gasteiger partial charge on any atom is 0.243 e. The molecule has 1 heterocycles. The zero-order chi connectivity index (χ0) is 14.9. The Hall–Kier alpha value is -0.620. The highest BCUT2D eigenvalue weighted by molar-refractivity contribution is 7.89. The number of nitrogens with two attached hydrogens (primary N) is 1. The summed E-state index contributed by atoms with van der Waals surface area (Å²) in [7, 11) is -3.47. The van der Waals surface area contributed by atoms with Crippen molar-refractivity contribution in [3.05, 3.63) is 28.8 Å². The first kappa shape index (κ1) is 15.8. The Morgan fingerprint density at radius 2 is 2.15 bits per heavy atom. The molecule has 0 radical (unpaired) electrons. The average molecular weight is 317 g/mol. The molecular formula is C14H21ClN2O2S. The topological polar surface area (TPSA) is 63.4 Å². The highest BCUT2D eigenvalue weighted by atomic mass is 35.5. The number of nitrogens with zero attached hydrogens (tertiary/aromatic N) is 1. The molecule has 0 aliphatic carbocycles. The molecule has 0 spiro atoms. The Bertz CT molecular complexity index is 587. The van der Waals surface area contributed by atoms with E-state index in [-0.39, 0.29) is 16.9 Å². The van der Waals surface area contributed by atoms with Crippen LogP contribution in [0.3, 0.4) is 0 Å². The fourth-order valence-corrected chi connectivity index (χ4v) is 4.31. The van der Waals surface area contributed by atoms with E-state index in [2.05, 4.69) is 0 Å². The van der Waals surface area contributed by atoms with E-state index < -0.39 is 10.0 Å². The fourth-order valence-electron chi connectivity index (χ4n) is 2.50. The lowest BCUT2D eigenvalue weighted by molar-refractivity contribution is 0.243. The fraction of sp³-hybridized carbons (Fsp3) is 0.571. The molecule has 0 saturated carbocycles. The molecule has 2 rings (SSSR count). The summed E-state index contributed by atoms with van der Waals surface area (Å²) in [5, 5.41) is 0.479. The Balaban J connectivity index is 2.27. The van der Waals surface area contributed by atoms with Crippen LogP contribution in [0.15, 0.2) is 23.1 Å². The predicted molar refractivity (Wildman–Crippen MR) is 81.3 cm³/mol. The Labute approximate surface area is 126 Å². The number of hydrogen-bond acceptors (Lipinski definition) is 3. The number of halogens is 1. The number of aryl methyl sites for hydroxylation is 1. The summed E-state index contributed by atoms with van der Waals surface area (Å²) in [5.74, 6) is 0.222. The molecule has 112 valence electrons. The maximum absolute atomic E-state index is 12.6. The minimum absolute atomic E-state index is 0.00889. The summed E-state index contributed by atoms with van der Waals surface area (Å²) >= 11 is 6.03. The summed E-state index contributed by atoms with van der Waals surface area (Å²) in [6, 6.07) is 4.89. The van der Waals surface area contributed by atoms with E-state index >= 15 is 0 Å². The first-order chi connectivity index (χ1) is 9.32. The molecular weight excluding hydrogens is 296 g/mol. The van der Waals surface area contributed by atoms with Gasteiger partial charge in [0.1, 0.15) is 0 Å². The Morgan fingerprint density at radius 3 is 2.75 bits per heavy atom. The largest absolute Gasteiger partial charge is 0.328 e. The van der Waals surface area contributed by atoms with Crippen LogP contribution in [-0.2, 0) is 10.0 Å². The zero-order valence-electron chi connectivity index (χ0n) is 11.8. The van der Waals surface area contributed by atoms with Crippen molar-refractivity contribution in [2.24, 2.45) is 11.7 Å². The summed E-state index contributed by atoms with van der Waals surface area (Å²) in [4.78, 5) is 0.262. The maximum atomic E-state index is 12.6. The molecule has 20 heavy (non-hydrogen) atoms. The van der Waals surface area contributed by atoms with E-state index in [1.165, 1.54) is 10.4 Å². The highest BCUT2D eigenvalue weighted by Crippen LogP contribution is 2.27. The van der Waals surface area contributed by atoms with Crippen LogP contribution in [0.4, 0.5) is 0 Å². The van der Waals surface area contributed by atoms with Gasteiger partial charge in [0.05, 0.1) is 4.90 Å². The Morgan fingerprint density at radius 1 is 1.45 bits per heavy atom. The van der Waals surface area contributed by atoms with Gasteiger partial charge in [0, 0.05) is 24.2 Å². The van der Waals surface area contributed by atoms with Crippen molar-refractivity contribution in [3.63, 3.8) is 0 Å². The molecule has 1 aliphatic heterocycles. The molecule has 0 unspecified atom stereocenters. The van der Waals surface area contributed by atoms with Crippen LogP contribution in [0, 0.1) is 12.8 Å². The third-order valence-corrected chi connectivity index (χ3v) is 6.21. The van der Waals surface area contributed by atoms with E-state index in [0.29, 0.717) is 18.1 Å². The van der Waals surface area contributed by atoms with Gasteiger partial charge in [-0.3, -0.25) is 0 Å². The molecule has 6 heteroatoms. The van der Waals surface area contributed by atoms with Crippen molar-refractivity contribution in [2.45, 2.75) is 37.6 Å². The van der Waals surface area contributed by atoms with Gasteiger partial charge in [0.2, 0.25) is 10.0 Å². The van der Waals surface area contributed by atoms with E-state index in [4.69, 9.17) is 17.3 Å². The molecule has 1 aromatic carbocycles. The lowest BCUT2D eigenvalue weighted by atomic mass is 9.93. The quantitative estimate of drug-likeness (QED) is 0.931. The van der Waals surface area contributed by atoms with Crippen molar-refractivity contribution in [1.82, 2.24) is 4.31 Å². The minimum atomic E-state index is -3.47. The molecule has 2 atom stereocenters. The number of piperidine rings is 1.